The number of halogens is 4. The lowest BCUT2D eigenvalue weighted by molar-refractivity contribution is -0.137. The summed E-state index contributed by atoms with van der Waals surface area (Å²) in [6, 6.07) is 4.75. The highest BCUT2D eigenvalue weighted by atomic mass is 79.9. The molecule has 110 valence electrons. The minimum Gasteiger partial charge on any atom is -0.369 e. The zero-order valence-corrected chi connectivity index (χ0v) is 12.5. The fourth-order valence-electron chi connectivity index (χ4n) is 3.25. The van der Waals surface area contributed by atoms with Crippen LogP contribution in [-0.2, 0) is 6.18 Å². The van der Waals surface area contributed by atoms with E-state index >= 15 is 0 Å². The van der Waals surface area contributed by atoms with E-state index in [1.807, 2.05) is 4.90 Å². The second kappa shape index (κ2) is 5.22. The van der Waals surface area contributed by atoms with E-state index in [1.165, 1.54) is 6.07 Å². The molecule has 0 aromatic heterocycles. The van der Waals surface area contributed by atoms with Gasteiger partial charge in [0.15, 0.2) is 0 Å². The van der Waals surface area contributed by atoms with Crippen molar-refractivity contribution in [3.63, 3.8) is 0 Å². The molecule has 0 radical (unpaired) electrons. The lowest BCUT2D eigenvalue weighted by Crippen LogP contribution is -2.40. The molecular weight excluding hydrogens is 333 g/mol. The summed E-state index contributed by atoms with van der Waals surface area (Å²) in [6.07, 6.45) is -2.10. The van der Waals surface area contributed by atoms with Gasteiger partial charge < -0.3 is 10.2 Å². The molecule has 0 amide bonds. The van der Waals surface area contributed by atoms with Crippen LogP contribution in [0.5, 0.6) is 0 Å². The van der Waals surface area contributed by atoms with Crippen molar-refractivity contribution in [1.82, 2.24) is 5.32 Å². The summed E-state index contributed by atoms with van der Waals surface area (Å²) >= 11 is 3.13. The summed E-state index contributed by atoms with van der Waals surface area (Å²) in [6.45, 7) is 2.35. The molecule has 6 heteroatoms. The number of hydrogen-bond acceptors (Lipinski definition) is 2. The van der Waals surface area contributed by atoms with Gasteiger partial charge in [0.05, 0.1) is 5.56 Å². The van der Waals surface area contributed by atoms with Crippen LogP contribution in [0, 0.1) is 5.92 Å². The van der Waals surface area contributed by atoms with E-state index in [1.54, 1.807) is 12.1 Å². The monoisotopic (exact) mass is 348 g/mol. The number of benzene rings is 1. The predicted molar refractivity (Wildman–Crippen MR) is 75.9 cm³/mol. The number of rotatable bonds is 1. The van der Waals surface area contributed by atoms with Crippen LogP contribution in [0.1, 0.15) is 18.4 Å². The molecule has 1 N–H and O–H groups in total. The molecule has 0 aliphatic carbocycles. The molecule has 2 fully saturated rings. The number of alkyl halides is 3. The zero-order valence-electron chi connectivity index (χ0n) is 10.9. The highest BCUT2D eigenvalue weighted by Gasteiger charge is 2.39. The van der Waals surface area contributed by atoms with Crippen LogP contribution in [0.15, 0.2) is 22.7 Å². The maximum atomic E-state index is 13.2. The minimum absolute atomic E-state index is 0.303. The van der Waals surface area contributed by atoms with Crippen LogP contribution in [0.4, 0.5) is 18.9 Å². The van der Waals surface area contributed by atoms with E-state index in [-0.39, 0.29) is 0 Å². The Labute approximate surface area is 124 Å². The quantitative estimate of drug-likeness (QED) is 0.833. The molecule has 0 saturated carbocycles. The first kappa shape index (κ1) is 14.2. The van der Waals surface area contributed by atoms with Crippen LogP contribution < -0.4 is 10.2 Å². The van der Waals surface area contributed by atoms with Crippen LogP contribution in [-0.4, -0.2) is 25.7 Å². The van der Waals surface area contributed by atoms with Gasteiger partial charge in [-0.05, 0) is 43.5 Å². The number of piperidine rings is 1. The maximum Gasteiger partial charge on any atom is 0.418 e. The molecule has 20 heavy (non-hydrogen) atoms. The summed E-state index contributed by atoms with van der Waals surface area (Å²) in [4.78, 5) is 1.88. The summed E-state index contributed by atoms with van der Waals surface area (Å²) in [5, 5.41) is 3.42. The molecule has 2 atom stereocenters. The Morgan fingerprint density at radius 1 is 1.25 bits per heavy atom. The average molecular weight is 349 g/mol. The van der Waals surface area contributed by atoms with E-state index in [2.05, 4.69) is 21.2 Å². The highest BCUT2D eigenvalue weighted by molar-refractivity contribution is 9.10. The van der Waals surface area contributed by atoms with Gasteiger partial charge in [0, 0.05) is 29.3 Å². The van der Waals surface area contributed by atoms with E-state index in [4.69, 9.17) is 0 Å². The van der Waals surface area contributed by atoms with E-state index in [0.717, 1.165) is 19.4 Å². The Morgan fingerprint density at radius 3 is 2.75 bits per heavy atom. The van der Waals surface area contributed by atoms with Crippen molar-refractivity contribution in [2.75, 3.05) is 24.5 Å². The highest BCUT2D eigenvalue weighted by Crippen LogP contribution is 2.40. The molecule has 2 saturated heterocycles. The van der Waals surface area contributed by atoms with E-state index < -0.39 is 11.7 Å². The Morgan fingerprint density at radius 2 is 2.05 bits per heavy atom. The first-order valence-electron chi connectivity index (χ1n) is 6.80. The third-order valence-corrected chi connectivity index (χ3v) is 4.70. The van der Waals surface area contributed by atoms with Gasteiger partial charge >= 0.3 is 6.18 Å². The summed E-state index contributed by atoms with van der Waals surface area (Å²) in [7, 11) is 0. The number of nitrogens with zero attached hydrogens (tertiary/aromatic N) is 1. The molecule has 2 aliphatic heterocycles. The Kier molecular flexibility index (Phi) is 3.71. The molecule has 2 nitrogen and oxygen atoms in total. The first-order chi connectivity index (χ1) is 9.45. The topological polar surface area (TPSA) is 15.3 Å². The second-order valence-corrected chi connectivity index (χ2v) is 6.44. The smallest absolute Gasteiger partial charge is 0.369 e. The minimum atomic E-state index is -4.32. The number of fused-ring (bicyclic) bond motifs is 1. The van der Waals surface area contributed by atoms with Crippen LogP contribution >= 0.6 is 15.9 Å². The molecule has 3 rings (SSSR count). The standard InChI is InChI=1S/C14H16BrF3N2/c15-10-3-4-13(11(6-10)14(16,17)18)20-7-9-2-1-5-19-12(9)8-20/h3-4,6,9,12,19H,1-2,5,7-8H2/t9-,12+/m0/s1. The maximum absolute atomic E-state index is 13.2. The van der Waals surface area contributed by atoms with Gasteiger partial charge in [-0.2, -0.15) is 13.2 Å². The van der Waals surface area contributed by atoms with Gasteiger partial charge in [-0.15, -0.1) is 0 Å². The Hall–Kier alpha value is -0.750. The number of anilines is 1. The molecular formula is C14H16BrF3N2. The van der Waals surface area contributed by atoms with Gasteiger partial charge in [-0.3, -0.25) is 0 Å². The van der Waals surface area contributed by atoms with Crippen molar-refractivity contribution >= 4 is 21.6 Å². The largest absolute Gasteiger partial charge is 0.418 e. The van der Waals surface area contributed by atoms with Crippen LogP contribution in [0.2, 0.25) is 0 Å². The third-order valence-electron chi connectivity index (χ3n) is 4.20. The van der Waals surface area contributed by atoms with Gasteiger partial charge in [0.25, 0.3) is 0 Å². The third kappa shape index (κ3) is 2.68. The van der Waals surface area contributed by atoms with E-state index in [0.29, 0.717) is 35.2 Å². The normalized spacial score (nSPS) is 26.7. The fourth-order valence-corrected chi connectivity index (χ4v) is 3.62. The molecule has 0 unspecified atom stereocenters. The van der Waals surface area contributed by atoms with Crippen molar-refractivity contribution in [1.29, 1.82) is 0 Å². The molecule has 1 aromatic rings. The Bertz CT molecular complexity index is 490. The first-order valence-corrected chi connectivity index (χ1v) is 7.59. The lowest BCUT2D eigenvalue weighted by atomic mass is 9.94. The molecule has 2 aliphatic rings. The number of hydrogen-bond donors (Lipinski definition) is 1. The fraction of sp³-hybridized carbons (Fsp3) is 0.571. The number of nitrogens with one attached hydrogen (secondary N) is 1. The van der Waals surface area contributed by atoms with Crippen LogP contribution in [0.25, 0.3) is 0 Å². The van der Waals surface area contributed by atoms with Crippen LogP contribution in [0.3, 0.4) is 0 Å². The van der Waals surface area contributed by atoms with Gasteiger partial charge in [0.2, 0.25) is 0 Å². The second-order valence-electron chi connectivity index (χ2n) is 5.53. The van der Waals surface area contributed by atoms with Crippen molar-refractivity contribution in [3.8, 4) is 0 Å². The molecule has 1 aromatic carbocycles. The van der Waals surface area contributed by atoms with Crippen molar-refractivity contribution in [2.45, 2.75) is 25.1 Å². The SMILES string of the molecule is FC(F)(F)c1cc(Br)ccc1N1C[C@@H]2CCCN[C@@H]2C1. The van der Waals surface area contributed by atoms with E-state index in [9.17, 15) is 13.2 Å². The van der Waals surface area contributed by atoms with Gasteiger partial charge in [0.1, 0.15) is 0 Å². The van der Waals surface area contributed by atoms with Gasteiger partial charge in [-0.1, -0.05) is 15.9 Å². The van der Waals surface area contributed by atoms with Crippen molar-refractivity contribution < 1.29 is 13.2 Å². The average Bonchev–Trinajstić information content (AvgIpc) is 2.81. The predicted octanol–water partition coefficient (Wildman–Crippen LogP) is 3.66. The van der Waals surface area contributed by atoms with Gasteiger partial charge in [-0.25, -0.2) is 0 Å². The summed E-state index contributed by atoms with van der Waals surface area (Å²) in [5.41, 5.74) is -0.248. The molecule has 0 bridgehead atoms. The summed E-state index contributed by atoms with van der Waals surface area (Å²) in [5.74, 6) is 0.466. The summed E-state index contributed by atoms with van der Waals surface area (Å²) < 4.78 is 40.0. The lowest BCUT2D eigenvalue weighted by Gasteiger charge is -2.24. The molecule has 0 spiro atoms. The Balaban J connectivity index is 1.91. The zero-order chi connectivity index (χ0) is 14.3. The van der Waals surface area contributed by atoms with Crippen molar-refractivity contribution in [2.24, 2.45) is 5.92 Å². The molecule has 2 heterocycles. The van der Waals surface area contributed by atoms with Crippen molar-refractivity contribution in [3.05, 3.63) is 28.2 Å².